The Bertz CT molecular complexity index is 973. The summed E-state index contributed by atoms with van der Waals surface area (Å²) in [5.74, 6) is -1.46. The van der Waals surface area contributed by atoms with Crippen molar-refractivity contribution in [3.63, 3.8) is 0 Å². The van der Waals surface area contributed by atoms with Crippen LogP contribution < -0.4 is 0 Å². The maximum atomic E-state index is 12.7. The van der Waals surface area contributed by atoms with Gasteiger partial charge in [0.05, 0.1) is 34.4 Å². The van der Waals surface area contributed by atoms with Crippen LogP contribution in [-0.2, 0) is 28.6 Å². The molecule has 0 aromatic heterocycles. The van der Waals surface area contributed by atoms with Crippen LogP contribution in [0.5, 0.6) is 0 Å². The molecule has 2 unspecified atom stereocenters. The van der Waals surface area contributed by atoms with Gasteiger partial charge in [-0.15, -0.1) is 0 Å². The fourth-order valence-corrected chi connectivity index (χ4v) is 6.95. The fraction of sp³-hybridized carbons (Fsp3) is 0.854. The minimum absolute atomic E-state index is 0.0481. The minimum atomic E-state index is -0.874. The van der Waals surface area contributed by atoms with Crippen LogP contribution in [0, 0.1) is 0 Å². The number of hydrogen-bond donors (Lipinski definition) is 1. The van der Waals surface area contributed by atoms with Crippen molar-refractivity contribution in [3.05, 3.63) is 24.3 Å². The molecule has 1 N–H and O–H groups in total. The van der Waals surface area contributed by atoms with Gasteiger partial charge in [0.25, 0.3) is 0 Å². The van der Waals surface area contributed by atoms with E-state index in [9.17, 15) is 19.5 Å². The molecule has 0 radical (unpaired) electrons. The lowest BCUT2D eigenvalue weighted by atomic mass is 10.0. The molecule has 0 aliphatic heterocycles. The third kappa shape index (κ3) is 37.4. The summed E-state index contributed by atoms with van der Waals surface area (Å²) < 4.78 is 17.3. The first-order chi connectivity index (χ1) is 27.1. The molecule has 0 aromatic carbocycles. The van der Waals surface area contributed by atoms with E-state index >= 15 is 0 Å². The van der Waals surface area contributed by atoms with E-state index < -0.39 is 18.1 Å². The molecule has 0 amide bonds. The Hall–Kier alpha value is -2.19. The molecule has 0 saturated carbocycles. The average Bonchev–Trinajstić information content (AvgIpc) is 3.15. The van der Waals surface area contributed by atoms with Gasteiger partial charge >= 0.3 is 17.9 Å². The predicted octanol–water partition coefficient (Wildman–Crippen LogP) is 12.9. The molecule has 328 valence electrons. The van der Waals surface area contributed by atoms with Crippen LogP contribution in [0.2, 0.25) is 0 Å². The maximum absolute atomic E-state index is 12.7. The summed E-state index contributed by atoms with van der Waals surface area (Å²) in [6, 6.07) is -0.612. The molecule has 8 heteroatoms. The third-order valence-corrected chi connectivity index (χ3v) is 10.6. The first kappa shape index (κ1) is 53.8. The average molecular weight is 793 g/mol. The number of carbonyl (C=O) groups is 3. The number of carboxylic acids is 1. The standard InChI is InChI=1S/C48H89NO7/c1-6-8-10-12-14-16-18-20-21-22-23-24-25-27-29-31-33-35-37-39-47(51)56-44(42-54-41-40-45(48(52)53)49(3,4)5)43-55-46(50)38-36-34-32-30-28-26-19-17-15-13-11-9-7-2/h14,16,20-21,44-45H,6-13,15,17-19,22-43H2,1-5H3/p+1/b16-14-,21-20-. The van der Waals surface area contributed by atoms with E-state index in [-0.39, 0.29) is 36.2 Å². The highest BCUT2D eigenvalue weighted by Gasteiger charge is 2.31. The van der Waals surface area contributed by atoms with Crippen LogP contribution >= 0.6 is 0 Å². The Morgan fingerprint density at radius 2 is 0.946 bits per heavy atom. The van der Waals surface area contributed by atoms with Crippen molar-refractivity contribution < 1.29 is 38.2 Å². The summed E-state index contributed by atoms with van der Waals surface area (Å²) in [7, 11) is 5.53. The summed E-state index contributed by atoms with van der Waals surface area (Å²) in [5, 5.41) is 9.62. The molecule has 56 heavy (non-hydrogen) atoms. The molecule has 0 aromatic rings. The Morgan fingerprint density at radius 1 is 0.536 bits per heavy atom. The van der Waals surface area contributed by atoms with E-state index in [1.165, 1.54) is 135 Å². The Labute approximate surface area is 345 Å². The van der Waals surface area contributed by atoms with Gasteiger partial charge in [-0.3, -0.25) is 9.59 Å². The monoisotopic (exact) mass is 793 g/mol. The molecule has 0 aliphatic carbocycles. The quantitative estimate of drug-likeness (QED) is 0.0284. The van der Waals surface area contributed by atoms with E-state index in [0.717, 1.165) is 44.9 Å². The van der Waals surface area contributed by atoms with Gasteiger partial charge in [-0.25, -0.2) is 4.79 Å². The maximum Gasteiger partial charge on any atom is 0.362 e. The number of esters is 2. The summed E-state index contributed by atoms with van der Waals surface area (Å²) in [6.45, 7) is 4.73. The smallest absolute Gasteiger partial charge is 0.362 e. The number of rotatable bonds is 42. The third-order valence-electron chi connectivity index (χ3n) is 10.6. The summed E-state index contributed by atoms with van der Waals surface area (Å²) in [6.07, 6.45) is 43.5. The lowest BCUT2D eigenvalue weighted by molar-refractivity contribution is -0.887. The molecular weight excluding hydrogens is 703 g/mol. The number of likely N-dealkylation sites (N-methyl/N-ethyl adjacent to an activating group) is 1. The highest BCUT2D eigenvalue weighted by atomic mass is 16.6. The minimum Gasteiger partial charge on any atom is -0.477 e. The van der Waals surface area contributed by atoms with Crippen molar-refractivity contribution in [2.24, 2.45) is 0 Å². The zero-order valence-electron chi connectivity index (χ0n) is 37.3. The number of aliphatic carboxylic acids is 1. The SMILES string of the molecule is CCCCC/C=C\C/C=C\CCCCCCCCCCCC(=O)OC(COCCC(C(=O)O)[N+](C)(C)C)COC(=O)CCCCCCCCCCCCCCC. The normalized spacial score (nSPS) is 13.1. The number of unbranched alkanes of at least 4 members (excludes halogenated alkanes) is 24. The van der Waals surface area contributed by atoms with Crippen LogP contribution in [0.15, 0.2) is 24.3 Å². The van der Waals surface area contributed by atoms with Gasteiger partial charge in [0.15, 0.2) is 12.1 Å². The van der Waals surface area contributed by atoms with E-state index in [4.69, 9.17) is 14.2 Å². The van der Waals surface area contributed by atoms with Crippen LogP contribution in [0.25, 0.3) is 0 Å². The van der Waals surface area contributed by atoms with Crippen LogP contribution in [0.4, 0.5) is 0 Å². The number of allylic oxidation sites excluding steroid dienone is 4. The highest BCUT2D eigenvalue weighted by molar-refractivity contribution is 5.72. The second-order valence-electron chi connectivity index (χ2n) is 17.0. The van der Waals surface area contributed by atoms with Gasteiger partial charge in [-0.05, 0) is 44.9 Å². The number of quaternary nitrogens is 1. The zero-order valence-corrected chi connectivity index (χ0v) is 37.3. The molecule has 0 saturated heterocycles. The van der Waals surface area contributed by atoms with E-state index in [1.54, 1.807) is 0 Å². The molecule has 0 spiro atoms. The number of hydrogen-bond acceptors (Lipinski definition) is 6. The van der Waals surface area contributed by atoms with Crippen molar-refractivity contribution in [2.45, 2.75) is 225 Å². The van der Waals surface area contributed by atoms with E-state index in [1.807, 2.05) is 21.1 Å². The molecular formula is C48H90NO7+. The van der Waals surface area contributed by atoms with Gasteiger partial charge in [0, 0.05) is 19.3 Å². The van der Waals surface area contributed by atoms with Crippen LogP contribution in [0.1, 0.15) is 213 Å². The summed E-state index contributed by atoms with van der Waals surface area (Å²) in [5.41, 5.74) is 0. The molecule has 0 heterocycles. The largest absolute Gasteiger partial charge is 0.477 e. The van der Waals surface area contributed by atoms with Gasteiger partial charge in [-0.2, -0.15) is 0 Å². The van der Waals surface area contributed by atoms with Crippen LogP contribution in [-0.4, -0.2) is 80.6 Å². The molecule has 0 rings (SSSR count). The fourth-order valence-electron chi connectivity index (χ4n) is 6.95. The first-order valence-corrected chi connectivity index (χ1v) is 23.4. The zero-order chi connectivity index (χ0) is 41.4. The topological polar surface area (TPSA) is 99.1 Å². The van der Waals surface area contributed by atoms with Crippen molar-refractivity contribution >= 4 is 17.9 Å². The van der Waals surface area contributed by atoms with Crippen molar-refractivity contribution in [1.29, 1.82) is 0 Å². The summed E-state index contributed by atoms with van der Waals surface area (Å²) in [4.78, 5) is 37.0. The number of ether oxygens (including phenoxy) is 3. The van der Waals surface area contributed by atoms with E-state index in [0.29, 0.717) is 19.3 Å². The Kier molecular flexibility index (Phi) is 38.1. The number of nitrogens with zero attached hydrogens (tertiary/aromatic N) is 1. The second kappa shape index (κ2) is 39.6. The van der Waals surface area contributed by atoms with E-state index in [2.05, 4.69) is 38.2 Å². The van der Waals surface area contributed by atoms with Crippen LogP contribution in [0.3, 0.4) is 0 Å². The Balaban J connectivity index is 4.28. The van der Waals surface area contributed by atoms with Gasteiger partial charge in [0.1, 0.15) is 6.61 Å². The molecule has 0 bridgehead atoms. The van der Waals surface area contributed by atoms with Gasteiger partial charge in [0.2, 0.25) is 0 Å². The highest BCUT2D eigenvalue weighted by Crippen LogP contribution is 2.15. The molecule has 2 atom stereocenters. The predicted molar refractivity (Wildman–Crippen MR) is 234 cm³/mol. The second-order valence-corrected chi connectivity index (χ2v) is 17.0. The number of carboxylic acid groups (broad SMARTS) is 1. The summed E-state index contributed by atoms with van der Waals surface area (Å²) >= 11 is 0. The lowest BCUT2D eigenvalue weighted by Crippen LogP contribution is -2.50. The molecule has 0 aliphatic rings. The van der Waals surface area contributed by atoms with Gasteiger partial charge in [-0.1, -0.05) is 173 Å². The molecule has 0 fully saturated rings. The molecule has 8 nitrogen and oxygen atoms in total. The first-order valence-electron chi connectivity index (χ1n) is 23.4. The number of carbonyl (C=O) groups excluding carboxylic acids is 2. The van der Waals surface area contributed by atoms with Crippen molar-refractivity contribution in [2.75, 3.05) is 41.0 Å². The lowest BCUT2D eigenvalue weighted by Gasteiger charge is -2.31. The van der Waals surface area contributed by atoms with Crippen molar-refractivity contribution in [1.82, 2.24) is 0 Å². The Morgan fingerprint density at radius 3 is 1.41 bits per heavy atom. The van der Waals surface area contributed by atoms with Crippen molar-refractivity contribution in [3.8, 4) is 0 Å². The van der Waals surface area contributed by atoms with Gasteiger partial charge < -0.3 is 23.8 Å².